The van der Waals surface area contributed by atoms with Gasteiger partial charge in [-0.1, -0.05) is 12.1 Å². The molecule has 4 nitrogen and oxygen atoms in total. The minimum atomic E-state index is -0.984. The average molecular weight is 275 g/mol. The van der Waals surface area contributed by atoms with Gasteiger partial charge in [-0.2, -0.15) is 0 Å². The molecule has 0 spiro atoms. The van der Waals surface area contributed by atoms with Crippen LogP contribution in [0.3, 0.4) is 0 Å². The van der Waals surface area contributed by atoms with E-state index in [1.807, 2.05) is 0 Å². The molecule has 5 heteroatoms. The smallest absolute Gasteiger partial charge is 0.335 e. The van der Waals surface area contributed by atoms with Crippen molar-refractivity contribution >= 4 is 11.7 Å². The summed E-state index contributed by atoms with van der Waals surface area (Å²) >= 11 is 0. The van der Waals surface area contributed by atoms with Crippen LogP contribution in [0.1, 0.15) is 21.5 Å². The first-order valence-electron chi connectivity index (χ1n) is 6.03. The molecule has 0 aliphatic carbocycles. The molecule has 0 saturated heterocycles. The van der Waals surface area contributed by atoms with Crippen molar-refractivity contribution in [3.63, 3.8) is 0 Å². The highest BCUT2D eigenvalue weighted by Gasteiger charge is 2.08. The number of anilines is 1. The van der Waals surface area contributed by atoms with Crippen LogP contribution in [-0.4, -0.2) is 16.2 Å². The van der Waals surface area contributed by atoms with Crippen molar-refractivity contribution in [3.05, 3.63) is 58.9 Å². The van der Waals surface area contributed by atoms with Crippen molar-refractivity contribution in [2.75, 3.05) is 5.32 Å². The molecule has 2 aromatic carbocycles. The van der Waals surface area contributed by atoms with Crippen molar-refractivity contribution in [3.8, 4) is 5.75 Å². The van der Waals surface area contributed by atoms with Crippen LogP contribution < -0.4 is 5.32 Å². The predicted octanol–water partition coefficient (Wildman–Crippen LogP) is 3.15. The van der Waals surface area contributed by atoms with Gasteiger partial charge < -0.3 is 15.5 Å². The van der Waals surface area contributed by atoms with E-state index in [0.717, 1.165) is 11.3 Å². The van der Waals surface area contributed by atoms with Gasteiger partial charge in [0.1, 0.15) is 0 Å². The summed E-state index contributed by atoms with van der Waals surface area (Å²) in [5, 5.41) is 21.5. The van der Waals surface area contributed by atoms with E-state index in [1.165, 1.54) is 18.2 Å². The van der Waals surface area contributed by atoms with Gasteiger partial charge in [-0.3, -0.25) is 0 Å². The molecule has 0 saturated carbocycles. The van der Waals surface area contributed by atoms with E-state index in [9.17, 15) is 14.3 Å². The molecule has 0 radical (unpaired) electrons. The number of rotatable bonds is 4. The highest BCUT2D eigenvalue weighted by atomic mass is 19.1. The van der Waals surface area contributed by atoms with Gasteiger partial charge in [0.15, 0.2) is 11.6 Å². The first kappa shape index (κ1) is 13.9. The van der Waals surface area contributed by atoms with E-state index in [-0.39, 0.29) is 17.9 Å². The van der Waals surface area contributed by atoms with Gasteiger partial charge in [0.05, 0.1) is 5.56 Å². The van der Waals surface area contributed by atoms with Gasteiger partial charge in [0, 0.05) is 17.8 Å². The molecule has 0 aliphatic heterocycles. The molecule has 0 aliphatic rings. The van der Waals surface area contributed by atoms with E-state index >= 15 is 0 Å². The fourth-order valence-corrected chi connectivity index (χ4v) is 1.89. The minimum Gasteiger partial charge on any atom is -0.505 e. The number of nitrogens with one attached hydrogen (secondary N) is 1. The average Bonchev–Trinajstić information content (AvgIpc) is 2.41. The molecule has 0 atom stereocenters. The maximum atomic E-state index is 13.2. The molecule has 104 valence electrons. The van der Waals surface area contributed by atoms with Gasteiger partial charge >= 0.3 is 5.97 Å². The Morgan fingerprint density at radius 3 is 2.70 bits per heavy atom. The second-order valence-corrected chi connectivity index (χ2v) is 4.44. The van der Waals surface area contributed by atoms with Crippen molar-refractivity contribution in [1.29, 1.82) is 0 Å². The second kappa shape index (κ2) is 5.61. The summed E-state index contributed by atoms with van der Waals surface area (Å²) in [4.78, 5) is 10.8. The number of aromatic hydroxyl groups is 1. The number of carboxylic acids is 1. The van der Waals surface area contributed by atoms with Gasteiger partial charge in [0.25, 0.3) is 0 Å². The van der Waals surface area contributed by atoms with Crippen LogP contribution >= 0.6 is 0 Å². The van der Waals surface area contributed by atoms with Crippen molar-refractivity contribution in [2.24, 2.45) is 0 Å². The van der Waals surface area contributed by atoms with E-state index in [0.29, 0.717) is 5.56 Å². The number of benzene rings is 2. The summed E-state index contributed by atoms with van der Waals surface area (Å²) in [7, 11) is 0. The van der Waals surface area contributed by atoms with E-state index < -0.39 is 11.8 Å². The quantitative estimate of drug-likeness (QED) is 0.801. The van der Waals surface area contributed by atoms with Gasteiger partial charge in [-0.25, -0.2) is 9.18 Å². The summed E-state index contributed by atoms with van der Waals surface area (Å²) < 4.78 is 13.2. The highest BCUT2D eigenvalue weighted by Crippen LogP contribution is 2.23. The maximum absolute atomic E-state index is 13.2. The molecule has 2 rings (SSSR count). The monoisotopic (exact) mass is 275 g/mol. The lowest BCUT2D eigenvalue weighted by molar-refractivity contribution is 0.0697. The molecule has 0 bridgehead atoms. The summed E-state index contributed by atoms with van der Waals surface area (Å²) in [5.41, 5.74) is 2.15. The Bertz CT molecular complexity index is 656. The zero-order valence-corrected chi connectivity index (χ0v) is 10.9. The molecule has 2 aromatic rings. The standard InChI is InChI=1S/C15H14FNO3/c1-9-7-10(15(19)20)5-6-13(9)17-8-11-3-2-4-12(16)14(11)18/h2-7,17-18H,8H2,1H3,(H,19,20). The van der Waals surface area contributed by atoms with Crippen LogP contribution in [0.5, 0.6) is 5.75 Å². The first-order chi connectivity index (χ1) is 9.49. The molecule has 0 aromatic heterocycles. The summed E-state index contributed by atoms with van der Waals surface area (Å²) in [6.45, 7) is 2.02. The number of hydrogen-bond acceptors (Lipinski definition) is 3. The lowest BCUT2D eigenvalue weighted by Crippen LogP contribution is -2.03. The van der Waals surface area contributed by atoms with E-state index in [4.69, 9.17) is 5.11 Å². The SMILES string of the molecule is Cc1cc(C(=O)O)ccc1NCc1cccc(F)c1O. The largest absolute Gasteiger partial charge is 0.505 e. The number of carboxylic acid groups (broad SMARTS) is 1. The summed E-state index contributed by atoms with van der Waals surface area (Å²) in [6, 6.07) is 9.01. The fraction of sp³-hybridized carbons (Fsp3) is 0.133. The number of halogens is 1. The van der Waals surface area contributed by atoms with Crippen LogP contribution in [-0.2, 0) is 6.54 Å². The molecule has 20 heavy (non-hydrogen) atoms. The van der Waals surface area contributed by atoms with E-state index in [1.54, 1.807) is 25.1 Å². The molecule has 0 fully saturated rings. The van der Waals surface area contributed by atoms with Crippen LogP contribution in [0, 0.1) is 12.7 Å². The number of para-hydroxylation sites is 1. The number of aryl methyl sites for hydroxylation is 1. The minimum absolute atomic E-state index is 0.210. The molecular formula is C15H14FNO3. The number of aromatic carboxylic acids is 1. The zero-order chi connectivity index (χ0) is 14.7. The van der Waals surface area contributed by atoms with Gasteiger partial charge in [-0.15, -0.1) is 0 Å². The maximum Gasteiger partial charge on any atom is 0.335 e. The van der Waals surface area contributed by atoms with Crippen LogP contribution in [0.4, 0.5) is 10.1 Å². The third-order valence-corrected chi connectivity index (χ3v) is 3.01. The fourth-order valence-electron chi connectivity index (χ4n) is 1.89. The molecule has 0 heterocycles. The third kappa shape index (κ3) is 2.88. The molecular weight excluding hydrogens is 261 g/mol. The number of carbonyl (C=O) groups is 1. The Kier molecular flexibility index (Phi) is 3.89. The second-order valence-electron chi connectivity index (χ2n) is 4.44. The van der Waals surface area contributed by atoms with Crippen LogP contribution in [0.15, 0.2) is 36.4 Å². The topological polar surface area (TPSA) is 69.6 Å². The molecule has 0 unspecified atom stereocenters. The Hall–Kier alpha value is -2.56. The Morgan fingerprint density at radius 1 is 1.30 bits per heavy atom. The van der Waals surface area contributed by atoms with Crippen molar-refractivity contribution < 1.29 is 19.4 Å². The van der Waals surface area contributed by atoms with Crippen molar-refractivity contribution in [2.45, 2.75) is 13.5 Å². The lowest BCUT2D eigenvalue weighted by atomic mass is 10.1. The van der Waals surface area contributed by atoms with E-state index in [2.05, 4.69) is 5.32 Å². The summed E-state index contributed by atoms with van der Waals surface area (Å²) in [5.74, 6) is -2.02. The predicted molar refractivity (Wildman–Crippen MR) is 73.5 cm³/mol. The third-order valence-electron chi connectivity index (χ3n) is 3.01. The summed E-state index contributed by atoms with van der Waals surface area (Å²) in [6.07, 6.45) is 0. The van der Waals surface area contributed by atoms with Crippen LogP contribution in [0.2, 0.25) is 0 Å². The van der Waals surface area contributed by atoms with Gasteiger partial charge in [0.2, 0.25) is 0 Å². The zero-order valence-electron chi connectivity index (χ0n) is 10.9. The number of hydrogen-bond donors (Lipinski definition) is 3. The Labute approximate surface area is 115 Å². The normalized spacial score (nSPS) is 10.3. The first-order valence-corrected chi connectivity index (χ1v) is 6.03. The Balaban J connectivity index is 2.15. The van der Waals surface area contributed by atoms with Crippen molar-refractivity contribution in [1.82, 2.24) is 0 Å². The Morgan fingerprint density at radius 2 is 2.05 bits per heavy atom. The molecule has 3 N–H and O–H groups in total. The lowest BCUT2D eigenvalue weighted by Gasteiger charge is -2.11. The molecule has 0 amide bonds. The number of phenolic OH excluding ortho intramolecular Hbond substituents is 1. The van der Waals surface area contributed by atoms with Crippen LogP contribution in [0.25, 0.3) is 0 Å². The van der Waals surface area contributed by atoms with Gasteiger partial charge in [-0.05, 0) is 36.8 Å². The highest BCUT2D eigenvalue weighted by molar-refractivity contribution is 5.88. The number of phenols is 1.